The van der Waals surface area contributed by atoms with Gasteiger partial charge in [0.05, 0.1) is 11.0 Å². The van der Waals surface area contributed by atoms with E-state index in [1.807, 2.05) is 76.2 Å². The Kier molecular flexibility index (Phi) is 8.32. The lowest BCUT2D eigenvalue weighted by molar-refractivity contribution is 0.231. The highest BCUT2D eigenvalue weighted by Crippen LogP contribution is 2.41. The number of aliphatic imine (C=N–C) groups is 1. The number of allylic oxidation sites excluding steroid dienone is 1. The molecule has 0 aliphatic carbocycles. The molecule has 2 aromatic carbocycles. The molecular formula is C25H29N5O2S. The van der Waals surface area contributed by atoms with E-state index in [1.54, 1.807) is 13.3 Å². The van der Waals surface area contributed by atoms with Crippen LogP contribution in [0.4, 0.5) is 5.95 Å². The highest BCUT2D eigenvalue weighted by molar-refractivity contribution is 8.05. The molecule has 7 nitrogen and oxygen atoms in total. The molecule has 0 fully saturated rings. The minimum Gasteiger partial charge on any atom is -0.484 e. The van der Waals surface area contributed by atoms with Crippen molar-refractivity contribution in [3.05, 3.63) is 70.8 Å². The molecule has 0 saturated carbocycles. The van der Waals surface area contributed by atoms with Gasteiger partial charge in [-0.25, -0.2) is 4.98 Å². The molecule has 0 atom stereocenters. The van der Waals surface area contributed by atoms with Crippen molar-refractivity contribution in [1.82, 2.24) is 9.97 Å². The van der Waals surface area contributed by atoms with Gasteiger partial charge in [0.25, 0.3) is 5.88 Å². The number of rotatable bonds is 9. The monoisotopic (exact) mass is 463 g/mol. The zero-order valence-electron chi connectivity index (χ0n) is 19.5. The van der Waals surface area contributed by atoms with Gasteiger partial charge in [0.15, 0.2) is 0 Å². The second-order valence-corrected chi connectivity index (χ2v) is 8.42. The average molecular weight is 464 g/mol. The summed E-state index contributed by atoms with van der Waals surface area (Å²) >= 11 is 1.26. The normalized spacial score (nSPS) is 11.8. The maximum absolute atomic E-state index is 6.27. The first kappa shape index (κ1) is 24.1. The Hall–Kier alpha value is -3.52. The van der Waals surface area contributed by atoms with Gasteiger partial charge in [-0.1, -0.05) is 42.5 Å². The first-order valence-electron chi connectivity index (χ1n) is 10.6. The molecule has 0 spiro atoms. The molecule has 0 unspecified atom stereocenters. The molecule has 33 heavy (non-hydrogen) atoms. The summed E-state index contributed by atoms with van der Waals surface area (Å²) in [5, 5.41) is 0. The predicted octanol–water partition coefficient (Wildman–Crippen LogP) is 5.90. The molecule has 0 saturated heterocycles. The molecule has 0 radical (unpaired) electrons. The van der Waals surface area contributed by atoms with Crippen LogP contribution >= 0.6 is 11.9 Å². The van der Waals surface area contributed by atoms with E-state index in [2.05, 4.69) is 14.7 Å². The SMILES string of the molecule is CN=CC(=CN)SNc1nc(Oc2ccccc2C)c(OC(C)C)c(-c2ccccc2C)n1. The van der Waals surface area contributed by atoms with Crippen molar-refractivity contribution in [2.75, 3.05) is 11.8 Å². The van der Waals surface area contributed by atoms with E-state index in [4.69, 9.17) is 20.2 Å². The fourth-order valence-corrected chi connectivity index (χ4v) is 3.54. The van der Waals surface area contributed by atoms with Gasteiger partial charge in [0, 0.05) is 25.0 Å². The van der Waals surface area contributed by atoms with Gasteiger partial charge in [0.2, 0.25) is 11.7 Å². The van der Waals surface area contributed by atoms with Crippen LogP contribution in [0.25, 0.3) is 11.3 Å². The number of nitrogens with zero attached hydrogens (tertiary/aromatic N) is 3. The van der Waals surface area contributed by atoms with Crippen LogP contribution in [0.5, 0.6) is 17.4 Å². The number of para-hydroxylation sites is 1. The Labute approximate surface area is 199 Å². The number of nitrogens with two attached hydrogens (primary N) is 1. The summed E-state index contributed by atoms with van der Waals surface area (Å²) < 4.78 is 15.6. The summed E-state index contributed by atoms with van der Waals surface area (Å²) in [7, 11) is 1.68. The van der Waals surface area contributed by atoms with Gasteiger partial charge >= 0.3 is 0 Å². The van der Waals surface area contributed by atoms with E-state index in [0.29, 0.717) is 29.0 Å². The average Bonchev–Trinajstić information content (AvgIpc) is 2.79. The molecule has 172 valence electrons. The quantitative estimate of drug-likeness (QED) is 0.301. The topological polar surface area (TPSA) is 94.7 Å². The Balaban J connectivity index is 2.16. The number of anilines is 1. The number of ether oxygens (including phenoxy) is 2. The second-order valence-electron chi connectivity index (χ2n) is 7.54. The number of hydrogen-bond acceptors (Lipinski definition) is 8. The fourth-order valence-electron chi connectivity index (χ4n) is 3.02. The van der Waals surface area contributed by atoms with Gasteiger partial charge < -0.3 is 15.2 Å². The largest absolute Gasteiger partial charge is 0.484 e. The van der Waals surface area contributed by atoms with Gasteiger partial charge in [-0.15, -0.1) is 0 Å². The Morgan fingerprint density at radius 1 is 1.06 bits per heavy atom. The highest BCUT2D eigenvalue weighted by Gasteiger charge is 2.22. The van der Waals surface area contributed by atoms with Crippen LogP contribution in [0.3, 0.4) is 0 Å². The molecule has 0 amide bonds. The van der Waals surface area contributed by atoms with E-state index >= 15 is 0 Å². The predicted molar refractivity (Wildman–Crippen MR) is 137 cm³/mol. The maximum Gasteiger partial charge on any atom is 0.268 e. The number of hydrogen-bond donors (Lipinski definition) is 2. The van der Waals surface area contributed by atoms with Crippen molar-refractivity contribution in [3.8, 4) is 28.6 Å². The molecule has 3 aromatic rings. The molecular weight excluding hydrogens is 434 g/mol. The molecule has 8 heteroatoms. The fraction of sp³-hybridized carbons (Fsp3) is 0.240. The maximum atomic E-state index is 6.27. The van der Waals surface area contributed by atoms with Crippen molar-refractivity contribution in [1.29, 1.82) is 0 Å². The lowest BCUT2D eigenvalue weighted by Gasteiger charge is -2.19. The second kappa shape index (κ2) is 11.4. The van der Waals surface area contributed by atoms with Crippen LogP contribution in [0.15, 0.2) is 64.6 Å². The lowest BCUT2D eigenvalue weighted by Crippen LogP contribution is -2.11. The van der Waals surface area contributed by atoms with E-state index in [1.165, 1.54) is 18.1 Å². The van der Waals surface area contributed by atoms with Crippen molar-refractivity contribution in [3.63, 3.8) is 0 Å². The van der Waals surface area contributed by atoms with Crippen LogP contribution in [0.2, 0.25) is 0 Å². The van der Waals surface area contributed by atoms with Crippen LogP contribution in [-0.2, 0) is 0 Å². The smallest absolute Gasteiger partial charge is 0.268 e. The third-order valence-corrected chi connectivity index (χ3v) is 5.33. The minimum absolute atomic E-state index is 0.101. The standard InChI is InChI=1S/C25H29N5O2S/c1-16(2)31-23-22(20-12-8-6-10-17(20)3)28-25(30-33-19(14-26)15-27-5)29-24(23)32-21-13-9-7-11-18(21)4/h6-16H,26H2,1-5H3,(H,28,29,30). The van der Waals surface area contributed by atoms with Crippen molar-refractivity contribution < 1.29 is 9.47 Å². The van der Waals surface area contributed by atoms with Gasteiger partial charge in [-0.05, 0) is 56.8 Å². The number of nitrogens with one attached hydrogen (secondary N) is 1. The number of aromatic nitrogens is 2. The van der Waals surface area contributed by atoms with E-state index in [0.717, 1.165) is 21.6 Å². The summed E-state index contributed by atoms with van der Waals surface area (Å²) in [5.74, 6) is 1.88. The number of benzene rings is 2. The summed E-state index contributed by atoms with van der Waals surface area (Å²) in [6.07, 6.45) is 3.02. The van der Waals surface area contributed by atoms with E-state index < -0.39 is 0 Å². The molecule has 1 aromatic heterocycles. The third kappa shape index (κ3) is 6.26. The highest BCUT2D eigenvalue weighted by atomic mass is 32.2. The number of aryl methyl sites for hydroxylation is 2. The van der Waals surface area contributed by atoms with Gasteiger partial charge in [0.1, 0.15) is 11.4 Å². The first-order valence-corrected chi connectivity index (χ1v) is 11.4. The third-order valence-electron chi connectivity index (χ3n) is 4.57. The van der Waals surface area contributed by atoms with E-state index in [9.17, 15) is 0 Å². The summed E-state index contributed by atoms with van der Waals surface area (Å²) in [5.41, 5.74) is 9.32. The lowest BCUT2D eigenvalue weighted by atomic mass is 10.0. The molecule has 0 bridgehead atoms. The van der Waals surface area contributed by atoms with Crippen molar-refractivity contribution in [2.24, 2.45) is 10.7 Å². The minimum atomic E-state index is -0.101. The van der Waals surface area contributed by atoms with Crippen molar-refractivity contribution >= 4 is 24.1 Å². The van der Waals surface area contributed by atoms with Crippen LogP contribution in [-0.4, -0.2) is 29.3 Å². The Morgan fingerprint density at radius 3 is 2.39 bits per heavy atom. The van der Waals surface area contributed by atoms with Gasteiger partial charge in [-0.2, -0.15) is 4.98 Å². The van der Waals surface area contributed by atoms with Crippen LogP contribution in [0.1, 0.15) is 25.0 Å². The summed E-state index contributed by atoms with van der Waals surface area (Å²) in [6, 6.07) is 15.8. The Morgan fingerprint density at radius 2 is 1.76 bits per heavy atom. The Bertz CT molecular complexity index is 1160. The first-order chi connectivity index (χ1) is 15.9. The molecule has 0 aliphatic heterocycles. The molecule has 0 aliphatic rings. The summed E-state index contributed by atoms with van der Waals surface area (Å²) in [6.45, 7) is 7.94. The van der Waals surface area contributed by atoms with Gasteiger partial charge in [-0.3, -0.25) is 9.71 Å². The molecule has 1 heterocycles. The zero-order chi connectivity index (χ0) is 23.8. The summed E-state index contributed by atoms with van der Waals surface area (Å²) in [4.78, 5) is 14.2. The van der Waals surface area contributed by atoms with Crippen LogP contribution < -0.4 is 19.9 Å². The van der Waals surface area contributed by atoms with Crippen molar-refractivity contribution in [2.45, 2.75) is 33.8 Å². The molecule has 3 rings (SSSR count). The molecule has 3 N–H and O–H groups in total. The van der Waals surface area contributed by atoms with Crippen LogP contribution in [0, 0.1) is 13.8 Å². The van der Waals surface area contributed by atoms with E-state index in [-0.39, 0.29) is 6.10 Å². The zero-order valence-corrected chi connectivity index (χ0v) is 20.3.